The number of hydrogen-bond donors (Lipinski definition) is 0. The second-order valence-electron chi connectivity index (χ2n) is 2.07. The summed E-state index contributed by atoms with van der Waals surface area (Å²) in [5, 5.41) is 0. The molecule has 1 aliphatic rings. The zero-order valence-electron chi connectivity index (χ0n) is 5.63. The van der Waals surface area contributed by atoms with Gasteiger partial charge in [-0.3, -0.25) is 0 Å². The lowest BCUT2D eigenvalue weighted by Gasteiger charge is -1.93. The highest BCUT2D eigenvalue weighted by Crippen LogP contribution is 2.13. The van der Waals surface area contributed by atoms with E-state index in [1.807, 2.05) is 6.08 Å². The summed E-state index contributed by atoms with van der Waals surface area (Å²) >= 11 is 0. The lowest BCUT2D eigenvalue weighted by molar-refractivity contribution is 0.395. The maximum atomic E-state index is 4.95. The average molecular weight is 125 g/mol. The lowest BCUT2D eigenvalue weighted by Crippen LogP contribution is -1.93. The highest BCUT2D eigenvalue weighted by Gasteiger charge is 2.13. The van der Waals surface area contributed by atoms with Gasteiger partial charge in [-0.1, -0.05) is 6.08 Å². The summed E-state index contributed by atoms with van der Waals surface area (Å²) in [5.41, 5.74) is 0. The molecule has 9 heavy (non-hydrogen) atoms. The Hall–Kier alpha value is -0.790. The van der Waals surface area contributed by atoms with Crippen LogP contribution in [0.1, 0.15) is 12.8 Å². The van der Waals surface area contributed by atoms with Crippen molar-refractivity contribution >= 4 is 5.90 Å². The fraction of sp³-hybridized carbons (Fsp3) is 0.571. The maximum Gasteiger partial charge on any atom is 0.183 e. The summed E-state index contributed by atoms with van der Waals surface area (Å²) in [4.78, 5) is 4.20. The Morgan fingerprint density at radius 2 is 2.67 bits per heavy atom. The minimum atomic E-state index is 0.306. The van der Waals surface area contributed by atoms with Gasteiger partial charge in [-0.05, 0) is 6.42 Å². The molecular formula is C7H11NO. The van der Waals surface area contributed by atoms with Crippen LogP contribution in [-0.2, 0) is 4.74 Å². The van der Waals surface area contributed by atoms with E-state index in [2.05, 4.69) is 11.6 Å². The number of hydrogen-bond acceptors (Lipinski definition) is 2. The first-order chi connectivity index (χ1) is 4.36. The molecule has 0 aromatic heterocycles. The number of ether oxygens (including phenoxy) is 1. The van der Waals surface area contributed by atoms with Crippen LogP contribution in [0.5, 0.6) is 0 Å². The highest BCUT2D eigenvalue weighted by atomic mass is 16.5. The fourth-order valence-electron chi connectivity index (χ4n) is 0.911. The molecule has 2 nitrogen and oxygen atoms in total. The Morgan fingerprint density at radius 3 is 3.00 bits per heavy atom. The van der Waals surface area contributed by atoms with Crippen LogP contribution in [0.2, 0.25) is 0 Å². The molecule has 0 aromatic carbocycles. The zero-order chi connectivity index (χ0) is 6.69. The van der Waals surface area contributed by atoms with Gasteiger partial charge in [-0.15, -0.1) is 6.58 Å². The smallest absolute Gasteiger partial charge is 0.183 e. The number of methoxy groups -OCH3 is 1. The van der Waals surface area contributed by atoms with Crippen molar-refractivity contribution in [3.63, 3.8) is 0 Å². The van der Waals surface area contributed by atoms with Gasteiger partial charge in [0.25, 0.3) is 0 Å². The molecule has 0 radical (unpaired) electrons. The molecule has 0 spiro atoms. The molecule has 50 valence electrons. The van der Waals surface area contributed by atoms with Crippen molar-refractivity contribution in [2.24, 2.45) is 4.99 Å². The Kier molecular flexibility index (Phi) is 1.88. The van der Waals surface area contributed by atoms with Crippen molar-refractivity contribution < 1.29 is 4.74 Å². The average Bonchev–Trinajstić information content (AvgIpc) is 2.34. The van der Waals surface area contributed by atoms with Crippen molar-refractivity contribution in [3.05, 3.63) is 12.7 Å². The molecule has 1 atom stereocenters. The molecule has 0 fully saturated rings. The minimum Gasteiger partial charge on any atom is -0.484 e. The molecule has 0 saturated heterocycles. The van der Waals surface area contributed by atoms with Gasteiger partial charge in [-0.25, -0.2) is 4.99 Å². The topological polar surface area (TPSA) is 21.6 Å². The Balaban J connectivity index is 2.49. The van der Waals surface area contributed by atoms with Crippen LogP contribution >= 0.6 is 0 Å². The molecule has 2 heteroatoms. The first-order valence-electron chi connectivity index (χ1n) is 3.10. The predicted octanol–water partition coefficient (Wildman–Crippen LogP) is 1.38. The quantitative estimate of drug-likeness (QED) is 0.485. The molecule has 0 bridgehead atoms. The molecule has 1 heterocycles. The number of rotatable bonds is 1. The molecule has 0 amide bonds. The third-order valence-corrected chi connectivity index (χ3v) is 1.47. The van der Waals surface area contributed by atoms with Gasteiger partial charge >= 0.3 is 0 Å². The van der Waals surface area contributed by atoms with E-state index in [0.29, 0.717) is 6.04 Å². The van der Waals surface area contributed by atoms with Crippen molar-refractivity contribution in [3.8, 4) is 0 Å². The second-order valence-corrected chi connectivity index (χ2v) is 2.07. The molecule has 0 aromatic rings. The van der Waals surface area contributed by atoms with Gasteiger partial charge < -0.3 is 4.74 Å². The Bertz CT molecular complexity index is 140. The van der Waals surface area contributed by atoms with Crippen LogP contribution in [0.25, 0.3) is 0 Å². The van der Waals surface area contributed by atoms with Gasteiger partial charge in [0.05, 0.1) is 13.2 Å². The Labute approximate surface area is 55.2 Å². The van der Waals surface area contributed by atoms with Crippen molar-refractivity contribution in [2.45, 2.75) is 18.9 Å². The van der Waals surface area contributed by atoms with Crippen LogP contribution in [0, 0.1) is 0 Å². The molecule has 1 unspecified atom stereocenters. The largest absolute Gasteiger partial charge is 0.484 e. The van der Waals surface area contributed by atoms with Crippen molar-refractivity contribution in [1.29, 1.82) is 0 Å². The van der Waals surface area contributed by atoms with E-state index in [9.17, 15) is 0 Å². The van der Waals surface area contributed by atoms with E-state index in [4.69, 9.17) is 4.74 Å². The summed E-state index contributed by atoms with van der Waals surface area (Å²) in [6.07, 6.45) is 3.88. The standard InChI is InChI=1S/C7H11NO/c1-3-6-4-5-7(8-6)9-2/h3,6H,1,4-5H2,2H3. The molecule has 0 N–H and O–H groups in total. The maximum absolute atomic E-state index is 4.95. The summed E-state index contributed by atoms with van der Waals surface area (Å²) in [6, 6.07) is 0.306. The van der Waals surface area contributed by atoms with Crippen LogP contribution in [0.4, 0.5) is 0 Å². The van der Waals surface area contributed by atoms with Crippen molar-refractivity contribution in [2.75, 3.05) is 7.11 Å². The van der Waals surface area contributed by atoms with E-state index in [0.717, 1.165) is 18.7 Å². The van der Waals surface area contributed by atoms with E-state index >= 15 is 0 Å². The first-order valence-corrected chi connectivity index (χ1v) is 3.10. The van der Waals surface area contributed by atoms with Crippen LogP contribution in [0.15, 0.2) is 17.6 Å². The van der Waals surface area contributed by atoms with Crippen LogP contribution < -0.4 is 0 Å². The molecule has 0 aliphatic carbocycles. The third-order valence-electron chi connectivity index (χ3n) is 1.47. The number of nitrogens with zero attached hydrogens (tertiary/aromatic N) is 1. The van der Waals surface area contributed by atoms with Crippen LogP contribution in [-0.4, -0.2) is 19.0 Å². The third kappa shape index (κ3) is 1.31. The molecule has 1 aliphatic heterocycles. The predicted molar refractivity (Wildman–Crippen MR) is 37.7 cm³/mol. The number of aliphatic imine (C=N–C) groups is 1. The van der Waals surface area contributed by atoms with Gasteiger partial charge in [0.15, 0.2) is 5.90 Å². The zero-order valence-corrected chi connectivity index (χ0v) is 5.63. The summed E-state index contributed by atoms with van der Waals surface area (Å²) in [5.74, 6) is 0.861. The van der Waals surface area contributed by atoms with Crippen LogP contribution in [0.3, 0.4) is 0 Å². The summed E-state index contributed by atoms with van der Waals surface area (Å²) in [6.45, 7) is 3.65. The normalized spacial score (nSPS) is 25.4. The van der Waals surface area contributed by atoms with Gasteiger partial charge in [0.1, 0.15) is 0 Å². The minimum absolute atomic E-state index is 0.306. The monoisotopic (exact) mass is 125 g/mol. The second kappa shape index (κ2) is 2.67. The SMILES string of the molecule is C=CC1CCC(OC)=N1. The van der Waals surface area contributed by atoms with Gasteiger partial charge in [0, 0.05) is 6.42 Å². The van der Waals surface area contributed by atoms with E-state index < -0.39 is 0 Å². The summed E-state index contributed by atoms with van der Waals surface area (Å²) in [7, 11) is 1.66. The van der Waals surface area contributed by atoms with Gasteiger partial charge in [0.2, 0.25) is 0 Å². The van der Waals surface area contributed by atoms with E-state index in [1.54, 1.807) is 7.11 Å². The lowest BCUT2D eigenvalue weighted by atomic mass is 10.2. The first kappa shape index (κ1) is 6.33. The fourth-order valence-corrected chi connectivity index (χ4v) is 0.911. The van der Waals surface area contributed by atoms with E-state index in [-0.39, 0.29) is 0 Å². The molecule has 1 rings (SSSR count). The molecule has 0 saturated carbocycles. The van der Waals surface area contributed by atoms with E-state index in [1.165, 1.54) is 0 Å². The van der Waals surface area contributed by atoms with Crippen molar-refractivity contribution in [1.82, 2.24) is 0 Å². The highest BCUT2D eigenvalue weighted by molar-refractivity contribution is 5.78. The van der Waals surface area contributed by atoms with Gasteiger partial charge in [-0.2, -0.15) is 0 Å². The summed E-state index contributed by atoms with van der Waals surface area (Å²) < 4.78 is 4.95. The molecular weight excluding hydrogens is 114 g/mol. The Morgan fingerprint density at radius 1 is 1.89 bits per heavy atom.